The highest BCUT2D eigenvalue weighted by atomic mass is 35.6. The molecule has 4 aliphatic carbocycles. The molecule has 3 saturated carbocycles. The fourth-order valence-electron chi connectivity index (χ4n) is 9.38. The molecular formula is C26H31Cl3N2O3. The molecule has 8 heteroatoms. The molecule has 2 saturated heterocycles. The van der Waals surface area contributed by atoms with Gasteiger partial charge in [0.05, 0.1) is 0 Å². The monoisotopic (exact) mass is 524 g/mol. The number of aromatic hydroxyl groups is 1. The van der Waals surface area contributed by atoms with E-state index in [2.05, 4.69) is 17.0 Å². The predicted octanol–water partition coefficient (Wildman–Crippen LogP) is 5.28. The summed E-state index contributed by atoms with van der Waals surface area (Å²) in [6.45, 7) is 2.84. The molecule has 5 fully saturated rings. The molecule has 5 nitrogen and oxygen atoms in total. The van der Waals surface area contributed by atoms with Gasteiger partial charge in [0.15, 0.2) is 0 Å². The minimum Gasteiger partial charge on any atom is -0.508 e. The van der Waals surface area contributed by atoms with Crippen LogP contribution >= 0.6 is 34.8 Å². The highest BCUT2D eigenvalue weighted by Crippen LogP contribution is 2.75. The Balaban J connectivity index is 1.29. The number of likely N-dealkylation sites (tertiary alicyclic amines) is 2. The topological polar surface area (TPSA) is 53.0 Å². The van der Waals surface area contributed by atoms with E-state index in [4.69, 9.17) is 39.5 Å². The Morgan fingerprint density at radius 3 is 2.79 bits per heavy atom. The van der Waals surface area contributed by atoms with Crippen molar-refractivity contribution < 1.29 is 14.6 Å². The molecule has 2 heterocycles. The third-order valence-corrected chi connectivity index (χ3v) is 10.7. The number of hydrogen-bond acceptors (Lipinski definition) is 4. The van der Waals surface area contributed by atoms with Gasteiger partial charge in [-0.1, -0.05) is 40.9 Å². The molecule has 0 aromatic heterocycles. The highest BCUT2D eigenvalue weighted by molar-refractivity contribution is 6.67. The number of halogens is 3. The van der Waals surface area contributed by atoms with Gasteiger partial charge >= 0.3 is 6.09 Å². The summed E-state index contributed by atoms with van der Waals surface area (Å²) < 4.78 is 3.84. The lowest BCUT2D eigenvalue weighted by molar-refractivity contribution is -0.103. The highest BCUT2D eigenvalue weighted by Gasteiger charge is 2.76. The number of piperidine rings is 1. The van der Waals surface area contributed by atoms with E-state index in [1.165, 1.54) is 30.5 Å². The Hall–Kier alpha value is -0.880. The van der Waals surface area contributed by atoms with Gasteiger partial charge in [0.25, 0.3) is 0 Å². The second-order valence-corrected chi connectivity index (χ2v) is 14.3. The third kappa shape index (κ3) is 2.99. The first-order valence-electron chi connectivity index (χ1n) is 12.8. The van der Waals surface area contributed by atoms with Crippen molar-refractivity contribution in [2.45, 2.75) is 66.2 Å². The molecule has 0 radical (unpaired) electrons. The SMILES string of the molecule is O=C(OCC(Cl)(Cl)Cl)N1C[C@@H]2CC34CCC1C2C31CCN(CC2CC2)C4Cc2ccc(O)cc21. The summed E-state index contributed by atoms with van der Waals surface area (Å²) in [6, 6.07) is 6.79. The molecule has 6 aliphatic rings. The lowest BCUT2D eigenvalue weighted by Gasteiger charge is -2.66. The van der Waals surface area contributed by atoms with Crippen LogP contribution in [0.15, 0.2) is 18.2 Å². The van der Waals surface area contributed by atoms with Crippen LogP contribution in [0.3, 0.4) is 0 Å². The van der Waals surface area contributed by atoms with E-state index in [0.717, 1.165) is 51.1 Å². The fraction of sp³-hybridized carbons (Fsp3) is 0.731. The van der Waals surface area contributed by atoms with Crippen molar-refractivity contribution >= 4 is 40.9 Å². The second kappa shape index (κ2) is 7.34. The van der Waals surface area contributed by atoms with Gasteiger partial charge in [-0.05, 0) is 97.9 Å². The van der Waals surface area contributed by atoms with Crippen LogP contribution in [0.25, 0.3) is 0 Å². The Morgan fingerprint density at radius 2 is 2.03 bits per heavy atom. The molecule has 2 aliphatic heterocycles. The van der Waals surface area contributed by atoms with Crippen molar-refractivity contribution in [2.75, 3.05) is 26.2 Å². The summed E-state index contributed by atoms with van der Waals surface area (Å²) >= 11 is 17.5. The number of fused-ring (bicyclic) bond motifs is 1. The quantitative estimate of drug-likeness (QED) is 0.546. The second-order valence-electron chi connectivity index (χ2n) is 11.8. The predicted molar refractivity (Wildman–Crippen MR) is 132 cm³/mol. The molecule has 6 atom stereocenters. The maximum absolute atomic E-state index is 13.1. The zero-order chi connectivity index (χ0) is 23.5. The molecule has 7 rings (SSSR count). The molecule has 0 spiro atoms. The van der Waals surface area contributed by atoms with Gasteiger partial charge in [-0.25, -0.2) is 4.79 Å². The number of alkyl halides is 3. The van der Waals surface area contributed by atoms with Crippen LogP contribution in [0.1, 0.15) is 49.7 Å². The van der Waals surface area contributed by atoms with E-state index >= 15 is 0 Å². The number of ether oxygens (including phenoxy) is 1. The normalized spacial score (nSPS) is 40.1. The van der Waals surface area contributed by atoms with Crippen molar-refractivity contribution in [2.24, 2.45) is 23.2 Å². The van der Waals surface area contributed by atoms with E-state index in [9.17, 15) is 9.90 Å². The number of hydrogen-bond donors (Lipinski definition) is 1. The zero-order valence-electron chi connectivity index (χ0n) is 19.2. The maximum atomic E-state index is 13.1. The smallest absolute Gasteiger partial charge is 0.410 e. The van der Waals surface area contributed by atoms with Gasteiger partial charge in [0.1, 0.15) is 12.4 Å². The van der Waals surface area contributed by atoms with Crippen LogP contribution in [0.2, 0.25) is 0 Å². The van der Waals surface area contributed by atoms with E-state index in [-0.39, 0.29) is 29.6 Å². The Bertz CT molecular complexity index is 1040. The average molecular weight is 526 g/mol. The first-order chi connectivity index (χ1) is 16.2. The number of carbonyl (C=O) groups excluding carboxylic acids is 1. The molecule has 4 bridgehead atoms. The van der Waals surface area contributed by atoms with Crippen molar-refractivity contribution in [3.8, 4) is 5.75 Å². The minimum atomic E-state index is -1.60. The van der Waals surface area contributed by atoms with Crippen molar-refractivity contribution in [1.29, 1.82) is 0 Å². The number of benzene rings is 1. The molecular weight excluding hydrogens is 495 g/mol. The lowest BCUT2D eigenvalue weighted by atomic mass is 9.43. The molecule has 1 aromatic carbocycles. The largest absolute Gasteiger partial charge is 0.508 e. The Kier molecular flexibility index (Phi) is 4.82. The van der Waals surface area contributed by atoms with Gasteiger partial charge in [-0.15, -0.1) is 0 Å². The first kappa shape index (κ1) is 22.3. The van der Waals surface area contributed by atoms with Crippen molar-refractivity contribution in [1.82, 2.24) is 9.80 Å². The maximum Gasteiger partial charge on any atom is 0.410 e. The van der Waals surface area contributed by atoms with Gasteiger partial charge in [0, 0.05) is 30.6 Å². The van der Waals surface area contributed by atoms with Gasteiger partial charge < -0.3 is 14.7 Å². The number of rotatable bonds is 3. The van der Waals surface area contributed by atoms with Gasteiger partial charge in [-0.2, -0.15) is 0 Å². The Morgan fingerprint density at radius 1 is 1.21 bits per heavy atom. The summed E-state index contributed by atoms with van der Waals surface area (Å²) in [6.07, 6.45) is 7.89. The lowest BCUT2D eigenvalue weighted by Crippen LogP contribution is -2.70. The van der Waals surface area contributed by atoms with Crippen LogP contribution in [-0.4, -0.2) is 63.1 Å². The molecule has 34 heavy (non-hydrogen) atoms. The minimum absolute atomic E-state index is 0.0157. The summed E-state index contributed by atoms with van der Waals surface area (Å²) in [5.41, 5.74) is 3.02. The van der Waals surface area contributed by atoms with E-state index in [1.807, 2.05) is 11.0 Å². The number of phenolic OH excluding ortho intramolecular Hbond substituents is 1. The van der Waals surface area contributed by atoms with Crippen molar-refractivity contribution in [3.63, 3.8) is 0 Å². The third-order valence-electron chi connectivity index (χ3n) is 10.4. The first-order valence-corrected chi connectivity index (χ1v) is 13.9. The zero-order valence-corrected chi connectivity index (χ0v) is 21.5. The van der Waals surface area contributed by atoms with E-state index in [1.54, 1.807) is 0 Å². The average Bonchev–Trinajstić information content (AvgIpc) is 3.47. The summed E-state index contributed by atoms with van der Waals surface area (Å²) in [7, 11) is 0. The number of phenols is 1. The van der Waals surface area contributed by atoms with Gasteiger partial charge in [-0.3, -0.25) is 4.90 Å². The molecule has 184 valence electrons. The van der Waals surface area contributed by atoms with E-state index < -0.39 is 3.79 Å². The van der Waals surface area contributed by atoms with Crippen LogP contribution in [0, 0.1) is 23.2 Å². The summed E-state index contributed by atoms with van der Waals surface area (Å²) in [4.78, 5) is 17.9. The van der Waals surface area contributed by atoms with Crippen LogP contribution in [-0.2, 0) is 16.6 Å². The van der Waals surface area contributed by atoms with Crippen LogP contribution < -0.4 is 0 Å². The molecule has 1 aromatic rings. The van der Waals surface area contributed by atoms with Gasteiger partial charge in [0.2, 0.25) is 3.79 Å². The Labute approximate surface area is 215 Å². The molecule has 1 amide bonds. The summed E-state index contributed by atoms with van der Waals surface area (Å²) in [5.74, 6) is 2.08. The van der Waals surface area contributed by atoms with E-state index in [0.29, 0.717) is 23.6 Å². The van der Waals surface area contributed by atoms with Crippen LogP contribution in [0.5, 0.6) is 5.75 Å². The number of carbonyl (C=O) groups is 1. The fourth-order valence-corrected chi connectivity index (χ4v) is 9.54. The molecule has 5 unspecified atom stereocenters. The summed E-state index contributed by atoms with van der Waals surface area (Å²) in [5, 5.41) is 10.5. The standard InChI is InChI=1S/C26H31Cl3N2O3/c27-26(28,29)14-34-23(33)31-13-17-11-24-6-5-20(31)22(17)25(24)7-8-30(12-15-1-2-15)21(24)9-16-3-4-18(32)10-19(16)25/h3-4,10,15,17,20-22,32H,1-2,5-9,11-14H2/t17-,20?,21?,22?,24?,25?/m0/s1. The van der Waals surface area contributed by atoms with Crippen LogP contribution in [0.4, 0.5) is 4.79 Å². The molecule has 1 N–H and O–H groups in total. The number of nitrogens with zero attached hydrogens (tertiary/aromatic N) is 2. The van der Waals surface area contributed by atoms with Crippen molar-refractivity contribution in [3.05, 3.63) is 29.3 Å². The number of amides is 1.